The average Bonchev–Trinajstić information content (AvgIpc) is 3.22. The molecule has 0 aromatic heterocycles. The second kappa shape index (κ2) is 12.7. The third kappa shape index (κ3) is 5.44. The molecule has 0 unspecified atom stereocenters. The van der Waals surface area contributed by atoms with E-state index in [9.17, 15) is 0 Å². The summed E-state index contributed by atoms with van der Waals surface area (Å²) in [5.41, 5.74) is 15.8. The Bertz CT molecular complexity index is 2730. The van der Waals surface area contributed by atoms with Gasteiger partial charge in [-0.1, -0.05) is 109 Å². The third-order valence-corrected chi connectivity index (χ3v) is 10.6. The van der Waals surface area contributed by atoms with Crippen LogP contribution in [0.4, 0.5) is 34.1 Å². The highest BCUT2D eigenvalue weighted by atomic mass is 15.1. The molecule has 0 radical (unpaired) electrons. The number of aryl methyl sites for hydroxylation is 1. The van der Waals surface area contributed by atoms with Gasteiger partial charge in [0, 0.05) is 34.1 Å². The lowest BCUT2D eigenvalue weighted by Crippen LogP contribution is -2.11. The Kier molecular flexibility index (Phi) is 7.40. The van der Waals surface area contributed by atoms with E-state index in [1.54, 1.807) is 0 Å². The van der Waals surface area contributed by atoms with E-state index in [0.717, 1.165) is 28.4 Å². The van der Waals surface area contributed by atoms with E-state index in [1.165, 1.54) is 66.2 Å². The Labute approximate surface area is 310 Å². The smallest absolute Gasteiger partial charge is 0.0496 e. The van der Waals surface area contributed by atoms with Gasteiger partial charge < -0.3 is 9.80 Å². The Morgan fingerprint density at radius 1 is 0.283 bits per heavy atom. The molecule has 0 saturated carbocycles. The Hall–Kier alpha value is -6.90. The highest BCUT2D eigenvalue weighted by Gasteiger charge is 2.25. The van der Waals surface area contributed by atoms with E-state index in [4.69, 9.17) is 0 Å². The summed E-state index contributed by atoms with van der Waals surface area (Å²) in [6.45, 7) is 2.20. The molecule has 0 aliphatic heterocycles. The molecule has 1 aliphatic rings. The fourth-order valence-electron chi connectivity index (χ4n) is 7.94. The highest BCUT2D eigenvalue weighted by Crippen LogP contribution is 2.51. The number of para-hydroxylation sites is 3. The molecule has 0 saturated heterocycles. The molecular formula is C51H36N2. The molecular weight excluding hydrogens is 641 g/mol. The number of anilines is 6. The zero-order chi connectivity index (χ0) is 35.3. The van der Waals surface area contributed by atoms with Crippen molar-refractivity contribution in [2.75, 3.05) is 9.80 Å². The number of hydrogen-bond donors (Lipinski definition) is 0. The minimum Gasteiger partial charge on any atom is -0.310 e. The fourth-order valence-corrected chi connectivity index (χ4v) is 7.94. The van der Waals surface area contributed by atoms with Crippen LogP contribution < -0.4 is 9.80 Å². The van der Waals surface area contributed by atoms with Crippen LogP contribution in [-0.4, -0.2) is 0 Å². The molecule has 0 heterocycles. The topological polar surface area (TPSA) is 6.48 Å². The van der Waals surface area contributed by atoms with Gasteiger partial charge in [0.25, 0.3) is 0 Å². The van der Waals surface area contributed by atoms with Crippen molar-refractivity contribution in [3.8, 4) is 33.4 Å². The van der Waals surface area contributed by atoms with Gasteiger partial charge in [-0.3, -0.25) is 0 Å². The predicted molar refractivity (Wildman–Crippen MR) is 225 cm³/mol. The van der Waals surface area contributed by atoms with Crippen LogP contribution in [0, 0.1) is 6.92 Å². The summed E-state index contributed by atoms with van der Waals surface area (Å²) in [4.78, 5) is 4.73. The Morgan fingerprint density at radius 3 is 1.19 bits per heavy atom. The van der Waals surface area contributed by atoms with E-state index >= 15 is 0 Å². The molecule has 0 spiro atoms. The molecule has 0 amide bonds. The highest BCUT2D eigenvalue weighted by molar-refractivity contribution is 6.12. The van der Waals surface area contributed by atoms with Crippen molar-refractivity contribution < 1.29 is 0 Å². The summed E-state index contributed by atoms with van der Waals surface area (Å²) in [5, 5.41) is 4.97. The number of nitrogens with zero attached hydrogens (tertiary/aromatic N) is 2. The van der Waals surface area contributed by atoms with Gasteiger partial charge in [-0.05, 0) is 158 Å². The van der Waals surface area contributed by atoms with Crippen LogP contribution in [0.15, 0.2) is 200 Å². The number of rotatable bonds is 7. The van der Waals surface area contributed by atoms with Crippen molar-refractivity contribution in [1.82, 2.24) is 0 Å². The van der Waals surface area contributed by atoms with Crippen molar-refractivity contribution in [3.63, 3.8) is 0 Å². The predicted octanol–water partition coefficient (Wildman–Crippen LogP) is 14.6. The summed E-state index contributed by atoms with van der Waals surface area (Å²) in [5.74, 6) is 0. The van der Waals surface area contributed by atoms with Crippen molar-refractivity contribution in [1.29, 1.82) is 0 Å². The van der Waals surface area contributed by atoms with Gasteiger partial charge in [0.2, 0.25) is 0 Å². The maximum Gasteiger partial charge on any atom is 0.0496 e. The molecule has 2 heteroatoms. The molecule has 2 nitrogen and oxygen atoms in total. The first-order chi connectivity index (χ1) is 26.2. The standard InChI is InChI=1S/C51H36N2/c1-35-22-23-39(36-14-6-2-7-15-36)34-51(35)53(44-20-12-5-13-21-44)46-27-25-38-31-48-47-30-37-24-26-45(28-40(37)32-49(47)50(48)33-41(38)29-46)52(42-16-8-3-9-17-42)43-18-10-4-11-19-43/h2-34H,1H3. The Morgan fingerprint density at radius 2 is 0.698 bits per heavy atom. The molecule has 9 aromatic rings. The molecule has 1 aliphatic carbocycles. The summed E-state index contributed by atoms with van der Waals surface area (Å²) in [7, 11) is 0. The van der Waals surface area contributed by atoms with Crippen LogP contribution in [0.3, 0.4) is 0 Å². The molecule has 53 heavy (non-hydrogen) atoms. The van der Waals surface area contributed by atoms with Crippen molar-refractivity contribution in [2.45, 2.75) is 6.92 Å². The first-order valence-corrected chi connectivity index (χ1v) is 18.3. The summed E-state index contributed by atoms with van der Waals surface area (Å²) in [6, 6.07) is 72.6. The van der Waals surface area contributed by atoms with Crippen LogP contribution in [0.2, 0.25) is 0 Å². The number of hydrogen-bond acceptors (Lipinski definition) is 2. The molecule has 0 fully saturated rings. The van der Waals surface area contributed by atoms with Crippen LogP contribution in [0.1, 0.15) is 5.56 Å². The minimum atomic E-state index is 1.14. The van der Waals surface area contributed by atoms with Gasteiger partial charge in [-0.2, -0.15) is 0 Å². The van der Waals surface area contributed by atoms with Gasteiger partial charge >= 0.3 is 0 Å². The van der Waals surface area contributed by atoms with Gasteiger partial charge in [-0.15, -0.1) is 0 Å². The van der Waals surface area contributed by atoms with Crippen LogP contribution in [0.25, 0.3) is 54.9 Å². The maximum absolute atomic E-state index is 2.40. The average molecular weight is 677 g/mol. The minimum absolute atomic E-state index is 1.14. The largest absolute Gasteiger partial charge is 0.310 e. The van der Waals surface area contributed by atoms with E-state index in [-0.39, 0.29) is 0 Å². The quantitative estimate of drug-likeness (QED) is 0.166. The molecule has 250 valence electrons. The third-order valence-electron chi connectivity index (χ3n) is 10.6. The normalized spacial score (nSPS) is 11.5. The van der Waals surface area contributed by atoms with E-state index in [0.29, 0.717) is 0 Å². The van der Waals surface area contributed by atoms with Gasteiger partial charge in [0.05, 0.1) is 0 Å². The lowest BCUT2D eigenvalue weighted by molar-refractivity contribution is 1.25. The van der Waals surface area contributed by atoms with Crippen molar-refractivity contribution in [2.24, 2.45) is 0 Å². The molecule has 0 bridgehead atoms. The second-order valence-electron chi connectivity index (χ2n) is 13.9. The summed E-state index contributed by atoms with van der Waals surface area (Å²) < 4.78 is 0. The van der Waals surface area contributed by atoms with Gasteiger partial charge in [-0.25, -0.2) is 0 Å². The molecule has 9 aromatic carbocycles. The number of fused-ring (bicyclic) bond motifs is 6. The molecule has 0 N–H and O–H groups in total. The first-order valence-electron chi connectivity index (χ1n) is 18.3. The molecule has 0 atom stereocenters. The van der Waals surface area contributed by atoms with E-state index in [1.807, 2.05) is 0 Å². The first kappa shape index (κ1) is 30.9. The van der Waals surface area contributed by atoms with E-state index < -0.39 is 0 Å². The SMILES string of the molecule is Cc1ccc(-c2ccccc2)cc1N(c1ccccc1)c1ccc2cc3c(cc2c1)-c1cc2cc(N(c4ccccc4)c4ccccc4)ccc2cc1-3. The second-order valence-corrected chi connectivity index (χ2v) is 13.9. The summed E-state index contributed by atoms with van der Waals surface area (Å²) >= 11 is 0. The lowest BCUT2D eigenvalue weighted by atomic mass is 9.78. The van der Waals surface area contributed by atoms with Crippen molar-refractivity contribution >= 4 is 55.7 Å². The van der Waals surface area contributed by atoms with Crippen LogP contribution in [0.5, 0.6) is 0 Å². The number of benzene rings is 9. The Balaban J connectivity index is 1.06. The van der Waals surface area contributed by atoms with Crippen molar-refractivity contribution in [3.05, 3.63) is 206 Å². The monoisotopic (exact) mass is 676 g/mol. The van der Waals surface area contributed by atoms with Gasteiger partial charge in [0.15, 0.2) is 0 Å². The molecule has 10 rings (SSSR count). The van der Waals surface area contributed by atoms with E-state index in [2.05, 4.69) is 217 Å². The zero-order valence-electron chi connectivity index (χ0n) is 29.4. The fraction of sp³-hybridized carbons (Fsp3) is 0.0196. The van der Waals surface area contributed by atoms with Crippen LogP contribution >= 0.6 is 0 Å². The summed E-state index contributed by atoms with van der Waals surface area (Å²) in [6.07, 6.45) is 0. The van der Waals surface area contributed by atoms with Gasteiger partial charge in [0.1, 0.15) is 0 Å². The maximum atomic E-state index is 2.40. The van der Waals surface area contributed by atoms with Crippen LogP contribution in [-0.2, 0) is 0 Å². The zero-order valence-corrected chi connectivity index (χ0v) is 29.4. The lowest BCUT2D eigenvalue weighted by Gasteiger charge is -2.29.